The molecule has 0 aliphatic carbocycles. The Bertz CT molecular complexity index is 945. The fourth-order valence-electron chi connectivity index (χ4n) is 2.43. The van der Waals surface area contributed by atoms with Gasteiger partial charge in [0.1, 0.15) is 12.4 Å². The van der Waals surface area contributed by atoms with E-state index in [0.717, 1.165) is 12.0 Å². The van der Waals surface area contributed by atoms with E-state index in [0.29, 0.717) is 23.1 Å². The largest absolute Gasteiger partial charge is 0.491 e. The van der Waals surface area contributed by atoms with Gasteiger partial charge in [-0.2, -0.15) is 0 Å². The van der Waals surface area contributed by atoms with Gasteiger partial charge in [0.15, 0.2) is 5.11 Å². The third-order valence-electron chi connectivity index (χ3n) is 4.32. The Labute approximate surface area is 173 Å². The summed E-state index contributed by atoms with van der Waals surface area (Å²) < 4.78 is 30.4. The lowest BCUT2D eigenvalue weighted by Crippen LogP contribution is -2.39. The van der Waals surface area contributed by atoms with Crippen molar-refractivity contribution in [1.29, 1.82) is 0 Å². The van der Waals surface area contributed by atoms with Crippen molar-refractivity contribution in [3.05, 3.63) is 53.6 Å². The maximum atomic E-state index is 11.7. The number of ether oxygens (including phenoxy) is 1. The number of rotatable bonds is 7. The molecule has 0 amide bonds. The number of aryl methyl sites for hydroxylation is 2. The van der Waals surface area contributed by atoms with E-state index in [1.165, 1.54) is 22.5 Å². The number of hydrogen-bond donors (Lipinski definition) is 2. The topological polar surface area (TPSA) is 70.7 Å². The van der Waals surface area contributed by atoms with Crippen molar-refractivity contribution in [3.63, 3.8) is 0 Å². The zero-order chi connectivity index (χ0) is 20.9. The summed E-state index contributed by atoms with van der Waals surface area (Å²) in [6, 6.07) is 13.0. The number of thiocarbonyl (C=S) groups is 1. The van der Waals surface area contributed by atoms with Gasteiger partial charge >= 0.3 is 0 Å². The summed E-state index contributed by atoms with van der Waals surface area (Å²) in [6.07, 6.45) is 1.16. The predicted molar refractivity (Wildman–Crippen MR) is 120 cm³/mol. The molecule has 1 atom stereocenters. The Balaban J connectivity index is 1.90. The first-order chi connectivity index (χ1) is 13.1. The summed E-state index contributed by atoms with van der Waals surface area (Å²) in [5.41, 5.74) is 3.68. The highest BCUT2D eigenvalue weighted by molar-refractivity contribution is 7.92. The second-order valence-electron chi connectivity index (χ2n) is 6.84. The van der Waals surface area contributed by atoms with Crippen LogP contribution in [-0.4, -0.2) is 39.5 Å². The van der Waals surface area contributed by atoms with Crippen molar-refractivity contribution < 1.29 is 13.2 Å². The number of nitrogens with one attached hydrogen (secondary N) is 2. The minimum Gasteiger partial charge on any atom is -0.491 e. The highest BCUT2D eigenvalue weighted by Crippen LogP contribution is 2.20. The smallest absolute Gasteiger partial charge is 0.231 e. The van der Waals surface area contributed by atoms with Crippen LogP contribution in [0.4, 0.5) is 11.4 Å². The summed E-state index contributed by atoms with van der Waals surface area (Å²) in [5, 5.41) is 6.68. The predicted octanol–water partition coefficient (Wildman–Crippen LogP) is 3.45. The van der Waals surface area contributed by atoms with Crippen molar-refractivity contribution >= 4 is 38.7 Å². The zero-order valence-electron chi connectivity index (χ0n) is 16.8. The lowest BCUT2D eigenvalue weighted by atomic mass is 10.1. The number of anilines is 2. The number of nitrogens with zero attached hydrogens (tertiary/aromatic N) is 1. The second kappa shape index (κ2) is 9.25. The fraction of sp³-hybridized carbons (Fsp3) is 0.350. The highest BCUT2D eigenvalue weighted by Gasteiger charge is 2.12. The molecule has 0 saturated heterocycles. The Morgan fingerprint density at radius 2 is 1.89 bits per heavy atom. The molecular weight excluding hydrogens is 394 g/mol. The molecule has 2 rings (SSSR count). The Morgan fingerprint density at radius 1 is 1.18 bits per heavy atom. The Hall–Kier alpha value is -2.32. The molecule has 2 aromatic carbocycles. The molecular formula is C20H27N3O3S2. The molecule has 0 saturated carbocycles. The average molecular weight is 422 g/mol. The van der Waals surface area contributed by atoms with E-state index < -0.39 is 10.0 Å². The molecule has 8 heteroatoms. The van der Waals surface area contributed by atoms with Crippen molar-refractivity contribution in [2.24, 2.45) is 0 Å². The quantitative estimate of drug-likeness (QED) is 0.668. The standard InChI is InChI=1S/C20H27N3O3S2/c1-14-9-10-19(11-15(14)2)26-13-16(3)21-20(27)22-17-7-6-8-18(12-17)23(4)28(5,24)25/h6-12,16H,13H2,1-5H3,(H2,21,22,27)/t16-/m1/s1. The summed E-state index contributed by atoms with van der Waals surface area (Å²) in [6.45, 7) is 6.55. The molecule has 2 aromatic rings. The molecule has 0 aliphatic rings. The molecule has 6 nitrogen and oxygen atoms in total. The van der Waals surface area contributed by atoms with Crippen LogP contribution in [-0.2, 0) is 10.0 Å². The first kappa shape index (κ1) is 22.0. The van der Waals surface area contributed by atoms with Gasteiger partial charge in [-0.25, -0.2) is 8.42 Å². The molecule has 0 aromatic heterocycles. The molecule has 0 heterocycles. The first-order valence-electron chi connectivity index (χ1n) is 8.88. The summed E-state index contributed by atoms with van der Waals surface area (Å²) in [4.78, 5) is 0. The van der Waals surface area contributed by atoms with Crippen LogP contribution < -0.4 is 19.7 Å². The SMILES string of the molecule is Cc1ccc(OC[C@@H](C)NC(=S)Nc2cccc(N(C)S(C)(=O)=O)c2)cc1C. The first-order valence-corrected chi connectivity index (χ1v) is 11.1. The normalized spacial score (nSPS) is 12.2. The lowest BCUT2D eigenvalue weighted by molar-refractivity contribution is 0.287. The van der Waals surface area contributed by atoms with Gasteiger partial charge < -0.3 is 15.4 Å². The van der Waals surface area contributed by atoms with Gasteiger partial charge in [0.05, 0.1) is 18.0 Å². The number of hydrogen-bond acceptors (Lipinski definition) is 4. The zero-order valence-corrected chi connectivity index (χ0v) is 18.4. The van der Waals surface area contributed by atoms with Gasteiger partial charge in [-0.15, -0.1) is 0 Å². The average Bonchev–Trinajstić information content (AvgIpc) is 2.61. The minimum absolute atomic E-state index is 0.0107. The van der Waals surface area contributed by atoms with Gasteiger partial charge in [-0.1, -0.05) is 12.1 Å². The van der Waals surface area contributed by atoms with E-state index in [-0.39, 0.29) is 6.04 Å². The summed E-state index contributed by atoms with van der Waals surface area (Å²) in [7, 11) is -1.81. The van der Waals surface area contributed by atoms with E-state index >= 15 is 0 Å². The van der Waals surface area contributed by atoms with Crippen molar-refractivity contribution in [3.8, 4) is 5.75 Å². The highest BCUT2D eigenvalue weighted by atomic mass is 32.2. The van der Waals surface area contributed by atoms with Gasteiger partial charge in [-0.05, 0) is 74.4 Å². The molecule has 0 aliphatic heterocycles. The third-order valence-corrected chi connectivity index (χ3v) is 5.75. The van der Waals surface area contributed by atoms with Crippen LogP contribution in [0.2, 0.25) is 0 Å². The molecule has 0 fully saturated rings. The monoisotopic (exact) mass is 421 g/mol. The van der Waals surface area contributed by atoms with Crippen LogP contribution in [0, 0.1) is 13.8 Å². The molecule has 2 N–H and O–H groups in total. The maximum absolute atomic E-state index is 11.7. The fourth-order valence-corrected chi connectivity index (χ4v) is 3.24. The summed E-state index contributed by atoms with van der Waals surface area (Å²) in [5.74, 6) is 0.826. The van der Waals surface area contributed by atoms with Crippen LogP contribution in [0.5, 0.6) is 5.75 Å². The van der Waals surface area contributed by atoms with Crippen molar-refractivity contribution in [1.82, 2.24) is 5.32 Å². The van der Waals surface area contributed by atoms with Crippen molar-refractivity contribution in [2.75, 3.05) is 29.5 Å². The molecule has 0 unspecified atom stereocenters. The maximum Gasteiger partial charge on any atom is 0.231 e. The van der Waals surface area contributed by atoms with E-state index in [9.17, 15) is 8.42 Å². The number of benzene rings is 2. The van der Waals surface area contributed by atoms with E-state index in [1.807, 2.05) is 31.2 Å². The molecule has 152 valence electrons. The van der Waals surface area contributed by atoms with E-state index in [1.54, 1.807) is 18.2 Å². The van der Waals surface area contributed by atoms with Crippen LogP contribution in [0.3, 0.4) is 0 Å². The Kier molecular flexibility index (Phi) is 7.26. The lowest BCUT2D eigenvalue weighted by Gasteiger charge is -2.20. The minimum atomic E-state index is -3.32. The van der Waals surface area contributed by atoms with Crippen LogP contribution in [0.15, 0.2) is 42.5 Å². The van der Waals surface area contributed by atoms with E-state index in [4.69, 9.17) is 17.0 Å². The molecule has 0 radical (unpaired) electrons. The van der Waals surface area contributed by atoms with Crippen LogP contribution in [0.1, 0.15) is 18.1 Å². The Morgan fingerprint density at radius 3 is 2.54 bits per heavy atom. The van der Waals surface area contributed by atoms with E-state index in [2.05, 4.69) is 24.5 Å². The molecule has 0 spiro atoms. The van der Waals surface area contributed by atoms with Gasteiger partial charge in [0, 0.05) is 12.7 Å². The van der Waals surface area contributed by atoms with Gasteiger partial charge in [-0.3, -0.25) is 4.31 Å². The molecule has 0 bridgehead atoms. The summed E-state index contributed by atoms with van der Waals surface area (Å²) >= 11 is 5.35. The second-order valence-corrected chi connectivity index (χ2v) is 9.26. The third kappa shape index (κ3) is 6.38. The van der Waals surface area contributed by atoms with Crippen LogP contribution in [0.25, 0.3) is 0 Å². The van der Waals surface area contributed by atoms with Gasteiger partial charge in [0.2, 0.25) is 10.0 Å². The molecule has 28 heavy (non-hydrogen) atoms. The van der Waals surface area contributed by atoms with Crippen molar-refractivity contribution in [2.45, 2.75) is 26.8 Å². The number of sulfonamides is 1. The van der Waals surface area contributed by atoms with Gasteiger partial charge in [0.25, 0.3) is 0 Å². The van der Waals surface area contributed by atoms with Crippen LogP contribution >= 0.6 is 12.2 Å².